The number of aromatic carboxylic acids is 2. The van der Waals surface area contributed by atoms with Crippen molar-refractivity contribution in [3.8, 4) is 0 Å². The molecule has 1 aliphatic heterocycles. The Labute approximate surface area is 136 Å². The van der Waals surface area contributed by atoms with E-state index >= 15 is 0 Å². The molecule has 1 heterocycles. The molecule has 1 unspecified atom stereocenters. The maximum absolute atomic E-state index is 12.1. The first-order valence-electron chi connectivity index (χ1n) is 6.84. The van der Waals surface area contributed by atoms with Crippen molar-refractivity contribution in [2.75, 3.05) is 17.2 Å². The number of thioether (sulfide) groups is 1. The topological polar surface area (TPSA) is 112 Å². The maximum Gasteiger partial charge on any atom is 0.336 e. The lowest BCUT2D eigenvalue weighted by atomic mass is 10.1. The van der Waals surface area contributed by atoms with Gasteiger partial charge in [0.2, 0.25) is 5.91 Å². The molecular formula is C15H15NO6S. The van der Waals surface area contributed by atoms with Gasteiger partial charge >= 0.3 is 11.9 Å². The zero-order valence-electron chi connectivity index (χ0n) is 12.3. The van der Waals surface area contributed by atoms with E-state index in [1.807, 2.05) is 0 Å². The lowest BCUT2D eigenvalue weighted by Gasteiger charge is -2.18. The molecule has 8 heteroatoms. The molecule has 23 heavy (non-hydrogen) atoms. The molecule has 2 rings (SSSR count). The summed E-state index contributed by atoms with van der Waals surface area (Å²) in [6.07, 6.45) is 0.281. The zero-order chi connectivity index (χ0) is 17.1. The van der Waals surface area contributed by atoms with Crippen molar-refractivity contribution < 1.29 is 29.4 Å². The van der Waals surface area contributed by atoms with Crippen LogP contribution < -0.4 is 4.90 Å². The molecule has 2 N–H and O–H groups in total. The molecule has 0 spiro atoms. The number of anilines is 1. The third-order valence-corrected chi connectivity index (χ3v) is 4.55. The molecule has 0 aromatic heterocycles. The standard InChI is InChI=1S/C15H15NO6S/c1-8(17)23-7-9-4-13(18)16(6-9)10-2-3-11(14(19)20)12(5-10)15(21)22/h2-3,5,9H,4,6-7H2,1H3,(H,19,20)(H,21,22). The van der Waals surface area contributed by atoms with Crippen molar-refractivity contribution >= 4 is 40.4 Å². The van der Waals surface area contributed by atoms with Gasteiger partial charge in [-0.1, -0.05) is 11.8 Å². The van der Waals surface area contributed by atoms with Crippen molar-refractivity contribution in [1.29, 1.82) is 0 Å². The molecule has 0 saturated carbocycles. The molecule has 1 aliphatic rings. The number of amides is 1. The van der Waals surface area contributed by atoms with Crippen molar-refractivity contribution in [3.05, 3.63) is 29.3 Å². The third-order valence-electron chi connectivity index (χ3n) is 3.50. The highest BCUT2D eigenvalue weighted by molar-refractivity contribution is 8.13. The van der Waals surface area contributed by atoms with E-state index < -0.39 is 11.9 Å². The number of rotatable bonds is 5. The highest BCUT2D eigenvalue weighted by Crippen LogP contribution is 2.29. The summed E-state index contributed by atoms with van der Waals surface area (Å²) >= 11 is 1.15. The number of carboxylic acids is 2. The molecule has 1 fully saturated rings. The Bertz CT molecular complexity index is 687. The minimum absolute atomic E-state index is 0.00354. The average Bonchev–Trinajstić information content (AvgIpc) is 2.85. The largest absolute Gasteiger partial charge is 0.478 e. The highest BCUT2D eigenvalue weighted by atomic mass is 32.2. The van der Waals surface area contributed by atoms with E-state index in [0.717, 1.165) is 11.8 Å². The van der Waals surface area contributed by atoms with Gasteiger partial charge in [-0.25, -0.2) is 9.59 Å². The van der Waals surface area contributed by atoms with Gasteiger partial charge in [0.1, 0.15) is 0 Å². The van der Waals surface area contributed by atoms with E-state index in [2.05, 4.69) is 0 Å². The third kappa shape index (κ3) is 3.89. The van der Waals surface area contributed by atoms with Crippen LogP contribution >= 0.6 is 11.8 Å². The van der Waals surface area contributed by atoms with Crippen LogP contribution in [0.5, 0.6) is 0 Å². The van der Waals surface area contributed by atoms with Crippen LogP contribution in [0.25, 0.3) is 0 Å². The maximum atomic E-state index is 12.1. The first-order chi connectivity index (χ1) is 10.8. The fraction of sp³-hybridized carbons (Fsp3) is 0.333. The molecule has 1 aromatic carbocycles. The zero-order valence-corrected chi connectivity index (χ0v) is 13.1. The fourth-order valence-corrected chi connectivity index (χ4v) is 3.14. The Kier molecular flexibility index (Phi) is 5.05. The molecule has 7 nitrogen and oxygen atoms in total. The van der Waals surface area contributed by atoms with Crippen LogP contribution in [0.2, 0.25) is 0 Å². The number of carboxylic acid groups (broad SMARTS) is 2. The number of carbonyl (C=O) groups is 4. The summed E-state index contributed by atoms with van der Waals surface area (Å²) in [5.41, 5.74) is -0.325. The van der Waals surface area contributed by atoms with Crippen molar-refractivity contribution in [3.63, 3.8) is 0 Å². The predicted octanol–water partition coefficient (Wildman–Crippen LogP) is 1.72. The molecule has 1 amide bonds. The van der Waals surface area contributed by atoms with Gasteiger partial charge in [0.05, 0.1) is 11.1 Å². The lowest BCUT2D eigenvalue weighted by Crippen LogP contribution is -2.25. The second-order valence-corrected chi connectivity index (χ2v) is 6.41. The minimum atomic E-state index is -1.36. The lowest BCUT2D eigenvalue weighted by molar-refractivity contribution is -0.117. The van der Waals surface area contributed by atoms with E-state index in [-0.39, 0.29) is 34.5 Å². The summed E-state index contributed by atoms with van der Waals surface area (Å²) in [7, 11) is 0. The Balaban J connectivity index is 2.23. The second kappa shape index (κ2) is 6.82. The van der Waals surface area contributed by atoms with Crippen LogP contribution in [0, 0.1) is 5.92 Å². The van der Waals surface area contributed by atoms with Gasteiger partial charge in [0.25, 0.3) is 0 Å². The van der Waals surface area contributed by atoms with Crippen LogP contribution in [0.1, 0.15) is 34.1 Å². The molecule has 1 saturated heterocycles. The van der Waals surface area contributed by atoms with E-state index in [9.17, 15) is 19.2 Å². The average molecular weight is 337 g/mol. The van der Waals surface area contributed by atoms with Gasteiger partial charge in [0, 0.05) is 31.3 Å². The summed E-state index contributed by atoms with van der Waals surface area (Å²) in [6.45, 7) is 1.84. The molecular weight excluding hydrogens is 322 g/mol. The van der Waals surface area contributed by atoms with Crippen LogP contribution in [-0.4, -0.2) is 45.5 Å². The normalized spacial score (nSPS) is 17.3. The van der Waals surface area contributed by atoms with E-state index in [0.29, 0.717) is 18.0 Å². The monoisotopic (exact) mass is 337 g/mol. The van der Waals surface area contributed by atoms with Crippen molar-refractivity contribution in [2.24, 2.45) is 5.92 Å². The molecule has 1 aromatic rings. The van der Waals surface area contributed by atoms with Crippen molar-refractivity contribution in [1.82, 2.24) is 0 Å². The van der Waals surface area contributed by atoms with E-state index in [1.165, 1.54) is 30.0 Å². The number of hydrogen-bond acceptors (Lipinski definition) is 5. The van der Waals surface area contributed by atoms with Gasteiger partial charge in [-0.05, 0) is 24.1 Å². The number of hydrogen-bond donors (Lipinski definition) is 2. The minimum Gasteiger partial charge on any atom is -0.478 e. The number of benzene rings is 1. The molecule has 1 atom stereocenters. The van der Waals surface area contributed by atoms with E-state index in [1.54, 1.807) is 0 Å². The predicted molar refractivity (Wildman–Crippen MR) is 84.0 cm³/mol. The molecule has 0 aliphatic carbocycles. The van der Waals surface area contributed by atoms with Crippen LogP contribution in [-0.2, 0) is 9.59 Å². The summed E-state index contributed by atoms with van der Waals surface area (Å²) in [4.78, 5) is 46.8. The Hall–Kier alpha value is -2.35. The first-order valence-corrected chi connectivity index (χ1v) is 7.82. The number of nitrogens with zero attached hydrogens (tertiary/aromatic N) is 1. The van der Waals surface area contributed by atoms with Crippen LogP contribution in [0.4, 0.5) is 5.69 Å². The molecule has 122 valence electrons. The van der Waals surface area contributed by atoms with Crippen LogP contribution in [0.15, 0.2) is 18.2 Å². The van der Waals surface area contributed by atoms with Crippen molar-refractivity contribution in [2.45, 2.75) is 13.3 Å². The quantitative estimate of drug-likeness (QED) is 0.841. The summed E-state index contributed by atoms with van der Waals surface area (Å²) in [6, 6.07) is 3.81. The summed E-state index contributed by atoms with van der Waals surface area (Å²) in [5, 5.41) is 18.1. The van der Waals surface area contributed by atoms with Crippen LogP contribution in [0.3, 0.4) is 0 Å². The Morgan fingerprint density at radius 1 is 1.22 bits per heavy atom. The highest BCUT2D eigenvalue weighted by Gasteiger charge is 2.31. The molecule has 0 bridgehead atoms. The smallest absolute Gasteiger partial charge is 0.336 e. The van der Waals surface area contributed by atoms with Gasteiger partial charge in [-0.3, -0.25) is 9.59 Å². The van der Waals surface area contributed by atoms with Gasteiger partial charge in [0.15, 0.2) is 5.12 Å². The van der Waals surface area contributed by atoms with E-state index in [4.69, 9.17) is 10.2 Å². The Morgan fingerprint density at radius 2 is 1.87 bits per heavy atom. The van der Waals surface area contributed by atoms with Gasteiger partial charge in [-0.2, -0.15) is 0 Å². The Morgan fingerprint density at radius 3 is 2.43 bits per heavy atom. The summed E-state index contributed by atoms with van der Waals surface area (Å²) in [5.74, 6) is -2.34. The number of carbonyl (C=O) groups excluding carboxylic acids is 2. The van der Waals surface area contributed by atoms with Gasteiger partial charge < -0.3 is 15.1 Å². The second-order valence-electron chi connectivity index (χ2n) is 5.22. The SMILES string of the molecule is CC(=O)SCC1CC(=O)N(c2ccc(C(=O)O)c(C(=O)O)c2)C1. The fourth-order valence-electron chi connectivity index (χ4n) is 2.44. The van der Waals surface area contributed by atoms with Gasteiger partial charge in [-0.15, -0.1) is 0 Å². The molecule has 0 radical (unpaired) electrons. The summed E-state index contributed by atoms with van der Waals surface area (Å²) < 4.78 is 0. The first kappa shape index (κ1) is 17.0.